The average molecular weight is 250 g/mol. The monoisotopic (exact) mass is 250 g/mol. The summed E-state index contributed by atoms with van der Waals surface area (Å²) >= 11 is 0. The van der Waals surface area contributed by atoms with Crippen molar-refractivity contribution in [1.29, 1.82) is 0 Å². The molecule has 98 valence electrons. The van der Waals surface area contributed by atoms with E-state index in [1.807, 2.05) is 30.3 Å². The summed E-state index contributed by atoms with van der Waals surface area (Å²) in [4.78, 5) is 22.7. The van der Waals surface area contributed by atoms with Gasteiger partial charge in [-0.3, -0.25) is 4.79 Å². The molecule has 4 N–H and O–H groups in total. The number of aliphatic carboxylic acids is 1. The lowest BCUT2D eigenvalue weighted by Gasteiger charge is -2.17. The Hall–Kier alpha value is -1.88. The Bertz CT molecular complexity index is 406. The van der Waals surface area contributed by atoms with Crippen LogP contribution in [0.25, 0.3) is 0 Å². The highest BCUT2D eigenvalue weighted by Gasteiger charge is 2.22. The van der Waals surface area contributed by atoms with Crippen molar-refractivity contribution in [1.82, 2.24) is 5.32 Å². The number of hydrogen-bond donors (Lipinski definition) is 3. The van der Waals surface area contributed by atoms with Gasteiger partial charge in [0.15, 0.2) is 0 Å². The number of hydrogen-bond acceptors (Lipinski definition) is 3. The summed E-state index contributed by atoms with van der Waals surface area (Å²) in [5, 5.41) is 11.5. The Kier molecular flexibility index (Phi) is 5.32. The van der Waals surface area contributed by atoms with Gasteiger partial charge in [0.05, 0.1) is 6.04 Å². The lowest BCUT2D eigenvalue weighted by atomic mass is 10.1. The van der Waals surface area contributed by atoms with Gasteiger partial charge < -0.3 is 16.2 Å². The molecule has 0 unspecified atom stereocenters. The Morgan fingerprint density at radius 3 is 2.44 bits per heavy atom. The van der Waals surface area contributed by atoms with Crippen LogP contribution in [0.3, 0.4) is 0 Å². The molecule has 1 amide bonds. The number of rotatable bonds is 6. The molecule has 0 aliphatic rings. The Morgan fingerprint density at radius 2 is 1.94 bits per heavy atom. The van der Waals surface area contributed by atoms with E-state index in [0.29, 0.717) is 6.42 Å². The fraction of sp³-hybridized carbons (Fsp3) is 0.385. The maximum atomic E-state index is 11.6. The molecule has 0 saturated heterocycles. The van der Waals surface area contributed by atoms with E-state index in [-0.39, 0.29) is 6.42 Å². The van der Waals surface area contributed by atoms with Crippen molar-refractivity contribution >= 4 is 11.9 Å². The minimum absolute atomic E-state index is 0.248. The molecule has 0 saturated carbocycles. The number of carboxylic acid groups (broad SMARTS) is 1. The largest absolute Gasteiger partial charge is 0.480 e. The molecule has 0 fully saturated rings. The van der Waals surface area contributed by atoms with E-state index in [1.54, 1.807) is 6.92 Å². The zero-order valence-corrected chi connectivity index (χ0v) is 10.3. The Labute approximate surface area is 106 Å². The molecular formula is C13H18N2O3. The molecule has 0 aliphatic heterocycles. The standard InChI is InChI=1S/C13H18N2O3/c1-2-10(14)12(16)15-11(13(17)18)8-9-6-4-3-5-7-9/h3-7,10-11H,2,8,14H2,1H3,(H,15,16)(H,17,18)/t10-,11+/m0/s1. The van der Waals surface area contributed by atoms with Crippen molar-refractivity contribution in [2.24, 2.45) is 5.73 Å². The molecule has 1 aromatic rings. The fourth-order valence-electron chi connectivity index (χ4n) is 1.51. The summed E-state index contributed by atoms with van der Waals surface area (Å²) < 4.78 is 0. The molecule has 1 aromatic carbocycles. The molecule has 0 aromatic heterocycles. The summed E-state index contributed by atoms with van der Waals surface area (Å²) in [6, 6.07) is 7.54. The molecule has 5 nitrogen and oxygen atoms in total. The fourth-order valence-corrected chi connectivity index (χ4v) is 1.51. The Morgan fingerprint density at radius 1 is 1.33 bits per heavy atom. The zero-order chi connectivity index (χ0) is 13.5. The topological polar surface area (TPSA) is 92.4 Å². The van der Waals surface area contributed by atoms with E-state index in [2.05, 4.69) is 5.32 Å². The van der Waals surface area contributed by atoms with Crippen LogP contribution in [-0.2, 0) is 16.0 Å². The van der Waals surface area contributed by atoms with Crippen LogP contribution in [0, 0.1) is 0 Å². The quantitative estimate of drug-likeness (QED) is 0.687. The molecule has 0 aliphatic carbocycles. The Balaban J connectivity index is 2.67. The third-order valence-corrected chi connectivity index (χ3v) is 2.67. The minimum Gasteiger partial charge on any atom is -0.480 e. The predicted molar refractivity (Wildman–Crippen MR) is 68.0 cm³/mol. The molecule has 5 heteroatoms. The smallest absolute Gasteiger partial charge is 0.326 e. The number of nitrogens with two attached hydrogens (primary N) is 1. The van der Waals surface area contributed by atoms with Gasteiger partial charge in [-0.2, -0.15) is 0 Å². The summed E-state index contributed by atoms with van der Waals surface area (Å²) in [6.45, 7) is 1.78. The van der Waals surface area contributed by atoms with Crippen molar-refractivity contribution in [2.45, 2.75) is 31.8 Å². The van der Waals surface area contributed by atoms with Crippen molar-refractivity contribution in [3.05, 3.63) is 35.9 Å². The molecule has 2 atom stereocenters. The first-order valence-corrected chi connectivity index (χ1v) is 5.87. The molecule has 0 spiro atoms. The lowest BCUT2D eigenvalue weighted by molar-refractivity contribution is -0.142. The maximum Gasteiger partial charge on any atom is 0.326 e. The first kappa shape index (κ1) is 14.2. The second kappa shape index (κ2) is 6.76. The highest BCUT2D eigenvalue weighted by molar-refractivity contribution is 5.86. The van der Waals surface area contributed by atoms with E-state index in [4.69, 9.17) is 10.8 Å². The van der Waals surface area contributed by atoms with Crippen LogP contribution in [0.1, 0.15) is 18.9 Å². The number of carbonyl (C=O) groups is 2. The van der Waals surface area contributed by atoms with Gasteiger partial charge in [-0.25, -0.2) is 4.79 Å². The molecule has 0 heterocycles. The van der Waals surface area contributed by atoms with Gasteiger partial charge in [0.2, 0.25) is 5.91 Å². The first-order chi connectivity index (χ1) is 8.54. The van der Waals surface area contributed by atoms with Crippen LogP contribution >= 0.6 is 0 Å². The van der Waals surface area contributed by atoms with E-state index in [1.165, 1.54) is 0 Å². The van der Waals surface area contributed by atoms with Gasteiger partial charge >= 0.3 is 5.97 Å². The van der Waals surface area contributed by atoms with Crippen molar-refractivity contribution < 1.29 is 14.7 Å². The van der Waals surface area contributed by atoms with Crippen molar-refractivity contribution in [3.8, 4) is 0 Å². The second-order valence-electron chi connectivity index (χ2n) is 4.10. The van der Waals surface area contributed by atoms with Gasteiger partial charge in [-0.1, -0.05) is 37.3 Å². The third-order valence-electron chi connectivity index (χ3n) is 2.67. The second-order valence-corrected chi connectivity index (χ2v) is 4.10. The van der Waals surface area contributed by atoms with Crippen LogP contribution in [0.5, 0.6) is 0 Å². The number of benzene rings is 1. The summed E-state index contributed by atoms with van der Waals surface area (Å²) in [5.74, 6) is -1.49. The summed E-state index contributed by atoms with van der Waals surface area (Å²) in [6.07, 6.45) is 0.724. The van der Waals surface area contributed by atoms with Crippen molar-refractivity contribution in [2.75, 3.05) is 0 Å². The van der Waals surface area contributed by atoms with E-state index >= 15 is 0 Å². The number of carboxylic acids is 1. The maximum absolute atomic E-state index is 11.6. The van der Waals surface area contributed by atoms with E-state index in [9.17, 15) is 9.59 Å². The van der Waals surface area contributed by atoms with Gasteiger partial charge in [-0.05, 0) is 12.0 Å². The molecular weight excluding hydrogens is 232 g/mol. The lowest BCUT2D eigenvalue weighted by Crippen LogP contribution is -2.49. The summed E-state index contributed by atoms with van der Waals surface area (Å²) in [7, 11) is 0. The summed E-state index contributed by atoms with van der Waals surface area (Å²) in [5.41, 5.74) is 6.41. The molecule has 0 radical (unpaired) electrons. The van der Waals surface area contributed by atoms with Crippen molar-refractivity contribution in [3.63, 3.8) is 0 Å². The number of carbonyl (C=O) groups excluding carboxylic acids is 1. The molecule has 0 bridgehead atoms. The normalized spacial score (nSPS) is 13.7. The molecule has 18 heavy (non-hydrogen) atoms. The highest BCUT2D eigenvalue weighted by atomic mass is 16.4. The first-order valence-electron chi connectivity index (χ1n) is 5.87. The van der Waals surface area contributed by atoms with Crippen LogP contribution in [-0.4, -0.2) is 29.1 Å². The number of nitrogens with one attached hydrogen (secondary N) is 1. The van der Waals surface area contributed by atoms with Crippen LogP contribution in [0.2, 0.25) is 0 Å². The van der Waals surface area contributed by atoms with Gasteiger partial charge in [-0.15, -0.1) is 0 Å². The van der Waals surface area contributed by atoms with Crippen LogP contribution in [0.15, 0.2) is 30.3 Å². The zero-order valence-electron chi connectivity index (χ0n) is 10.3. The number of amides is 1. The van der Waals surface area contributed by atoms with Crippen LogP contribution < -0.4 is 11.1 Å². The van der Waals surface area contributed by atoms with Gasteiger partial charge in [0.1, 0.15) is 6.04 Å². The third kappa shape index (κ3) is 4.18. The van der Waals surface area contributed by atoms with Gasteiger partial charge in [0, 0.05) is 6.42 Å². The highest BCUT2D eigenvalue weighted by Crippen LogP contribution is 2.04. The van der Waals surface area contributed by atoms with Crippen LogP contribution in [0.4, 0.5) is 0 Å². The van der Waals surface area contributed by atoms with E-state index < -0.39 is 24.0 Å². The minimum atomic E-state index is -1.06. The van der Waals surface area contributed by atoms with Gasteiger partial charge in [0.25, 0.3) is 0 Å². The molecule has 1 rings (SSSR count). The average Bonchev–Trinajstić information content (AvgIpc) is 2.37. The SMILES string of the molecule is CC[C@H](N)C(=O)N[C@H](Cc1ccccc1)C(=O)O. The predicted octanol–water partition coefficient (Wildman–Crippen LogP) is 0.536. The van der Waals surface area contributed by atoms with E-state index in [0.717, 1.165) is 5.56 Å².